The van der Waals surface area contributed by atoms with E-state index in [4.69, 9.17) is 17.3 Å². The van der Waals surface area contributed by atoms with Crippen molar-refractivity contribution in [3.8, 4) is 0 Å². The summed E-state index contributed by atoms with van der Waals surface area (Å²) in [5.41, 5.74) is 4.82. The van der Waals surface area contributed by atoms with E-state index in [9.17, 15) is 32.7 Å². The highest BCUT2D eigenvalue weighted by Crippen LogP contribution is 2.47. The minimum Gasteiger partial charge on any atom is -0.378 e. The number of nitrogens with zero attached hydrogens (tertiary/aromatic N) is 1. The zero-order valence-corrected chi connectivity index (χ0v) is 21.6. The molecule has 4 atom stereocenters. The fourth-order valence-electron chi connectivity index (χ4n) is 4.21. The Kier molecular flexibility index (Phi) is 8.19. The molecule has 3 aromatic carbocycles. The molecule has 0 radical (unpaired) electrons. The second kappa shape index (κ2) is 11.2. The lowest BCUT2D eigenvalue weighted by molar-refractivity contribution is -0.152. The molecule has 1 heterocycles. The van der Waals surface area contributed by atoms with Gasteiger partial charge < -0.3 is 21.1 Å². The van der Waals surface area contributed by atoms with E-state index in [0.717, 1.165) is 36.9 Å². The number of thioether (sulfide) groups is 1. The number of nitrogens with one attached hydrogen (secondary N) is 1. The van der Waals surface area contributed by atoms with Gasteiger partial charge in [-0.15, -0.1) is 11.8 Å². The van der Waals surface area contributed by atoms with Crippen molar-refractivity contribution >= 4 is 46.8 Å². The molecule has 4 rings (SSSR count). The molecule has 204 valence electrons. The number of carbonyl (C=O) groups excluding carboxylic acids is 3. The molecule has 1 aliphatic heterocycles. The van der Waals surface area contributed by atoms with Crippen molar-refractivity contribution < 1.29 is 37.1 Å². The molecule has 0 spiro atoms. The van der Waals surface area contributed by atoms with Crippen molar-refractivity contribution in [2.45, 2.75) is 35.3 Å². The molecule has 4 N–H and O–H groups in total. The minimum atomic E-state index is -2.26. The Labute approximate surface area is 228 Å². The SMILES string of the molecule is C[C@@H](C(N)=O)N(C(=O)[C@@H](O)c1cc(F)cc(F)c1)[C@@H]1C(=O)Nc2cc(Cl)ccc2S[C@@H]1c1cc(F)ccc1F. The third kappa shape index (κ3) is 5.87. The van der Waals surface area contributed by atoms with Crippen LogP contribution in [0.25, 0.3) is 0 Å². The summed E-state index contributed by atoms with van der Waals surface area (Å²) < 4.78 is 57.1. The Morgan fingerprint density at radius 1 is 1.03 bits per heavy atom. The predicted molar refractivity (Wildman–Crippen MR) is 136 cm³/mol. The van der Waals surface area contributed by atoms with Crippen LogP contribution in [-0.2, 0) is 14.4 Å². The van der Waals surface area contributed by atoms with Gasteiger partial charge in [-0.1, -0.05) is 11.6 Å². The van der Waals surface area contributed by atoms with Crippen molar-refractivity contribution in [3.05, 3.63) is 94.0 Å². The largest absolute Gasteiger partial charge is 0.378 e. The Bertz CT molecular complexity index is 1460. The van der Waals surface area contributed by atoms with E-state index >= 15 is 4.39 Å². The van der Waals surface area contributed by atoms with Crippen LogP contribution in [0.4, 0.5) is 23.2 Å². The van der Waals surface area contributed by atoms with Crippen molar-refractivity contribution in [2.24, 2.45) is 5.73 Å². The molecule has 3 amide bonds. The van der Waals surface area contributed by atoms with Crippen LogP contribution in [0.5, 0.6) is 0 Å². The van der Waals surface area contributed by atoms with Gasteiger partial charge in [0.15, 0.2) is 6.10 Å². The first-order chi connectivity index (χ1) is 18.4. The van der Waals surface area contributed by atoms with Gasteiger partial charge in [0, 0.05) is 21.5 Å². The van der Waals surface area contributed by atoms with E-state index in [2.05, 4.69) is 5.32 Å². The van der Waals surface area contributed by atoms with Gasteiger partial charge in [-0.2, -0.15) is 0 Å². The predicted octanol–water partition coefficient (Wildman–Crippen LogP) is 4.49. The van der Waals surface area contributed by atoms with Crippen molar-refractivity contribution in [1.29, 1.82) is 0 Å². The van der Waals surface area contributed by atoms with Crippen LogP contribution < -0.4 is 11.1 Å². The van der Waals surface area contributed by atoms with E-state index in [1.807, 2.05) is 0 Å². The van der Waals surface area contributed by atoms with Crippen molar-refractivity contribution in [3.63, 3.8) is 0 Å². The van der Waals surface area contributed by atoms with E-state index < -0.39 is 70.0 Å². The lowest BCUT2D eigenvalue weighted by Crippen LogP contribution is -2.58. The second-order valence-electron chi connectivity index (χ2n) is 8.71. The normalized spacial score (nSPS) is 18.4. The molecular weight excluding hydrogens is 562 g/mol. The quantitative estimate of drug-likeness (QED) is 0.372. The number of fused-ring (bicyclic) bond motifs is 1. The Hall–Kier alpha value is -3.61. The van der Waals surface area contributed by atoms with Gasteiger partial charge in [-0.3, -0.25) is 14.4 Å². The monoisotopic (exact) mass is 581 g/mol. The number of hydrogen-bond acceptors (Lipinski definition) is 5. The third-order valence-corrected chi connectivity index (χ3v) is 7.70. The summed E-state index contributed by atoms with van der Waals surface area (Å²) in [7, 11) is 0. The molecule has 1 aliphatic rings. The maximum absolute atomic E-state index is 15.1. The summed E-state index contributed by atoms with van der Waals surface area (Å²) in [6.07, 6.45) is -2.26. The smallest absolute Gasteiger partial charge is 0.257 e. The van der Waals surface area contributed by atoms with E-state index in [-0.39, 0.29) is 16.3 Å². The number of hydrogen-bond donors (Lipinski definition) is 3. The molecule has 0 unspecified atom stereocenters. The van der Waals surface area contributed by atoms with Gasteiger partial charge in [0.25, 0.3) is 5.91 Å². The fourth-order valence-corrected chi connectivity index (χ4v) is 5.73. The Balaban J connectivity index is 1.91. The lowest BCUT2D eigenvalue weighted by atomic mass is 9.98. The van der Waals surface area contributed by atoms with Crippen LogP contribution >= 0.6 is 23.4 Å². The first-order valence-electron chi connectivity index (χ1n) is 11.3. The summed E-state index contributed by atoms with van der Waals surface area (Å²) in [5, 5.41) is 12.2. The summed E-state index contributed by atoms with van der Waals surface area (Å²) in [6.45, 7) is 1.16. The first kappa shape index (κ1) is 28.4. The summed E-state index contributed by atoms with van der Waals surface area (Å²) in [5.74, 6) is -7.35. The number of aliphatic hydroxyl groups excluding tert-OH is 1. The topological polar surface area (TPSA) is 113 Å². The summed E-state index contributed by atoms with van der Waals surface area (Å²) >= 11 is 6.93. The molecule has 7 nitrogen and oxygen atoms in total. The minimum absolute atomic E-state index is 0.189. The van der Waals surface area contributed by atoms with Crippen LogP contribution in [0.2, 0.25) is 5.02 Å². The maximum Gasteiger partial charge on any atom is 0.257 e. The van der Waals surface area contributed by atoms with Gasteiger partial charge in [0.2, 0.25) is 11.8 Å². The second-order valence-corrected chi connectivity index (χ2v) is 10.3. The van der Waals surface area contributed by atoms with Gasteiger partial charge in [0.1, 0.15) is 35.4 Å². The van der Waals surface area contributed by atoms with Crippen LogP contribution in [0.3, 0.4) is 0 Å². The number of rotatable bonds is 6. The molecule has 0 saturated carbocycles. The molecule has 0 aromatic heterocycles. The third-order valence-electron chi connectivity index (χ3n) is 6.09. The number of aliphatic hydroxyl groups is 1. The number of primary amides is 1. The summed E-state index contributed by atoms with van der Waals surface area (Å²) in [6, 6.07) is 5.49. The molecular formula is C26H20ClF4N3O4S. The van der Waals surface area contributed by atoms with Crippen LogP contribution in [0.1, 0.15) is 29.4 Å². The first-order valence-corrected chi connectivity index (χ1v) is 12.6. The molecule has 0 bridgehead atoms. The van der Waals surface area contributed by atoms with E-state index in [0.29, 0.717) is 28.0 Å². The van der Waals surface area contributed by atoms with Crippen molar-refractivity contribution in [2.75, 3.05) is 5.32 Å². The van der Waals surface area contributed by atoms with Gasteiger partial charge in [-0.05, 0) is 61.0 Å². The molecule has 3 aromatic rings. The van der Waals surface area contributed by atoms with E-state index in [1.54, 1.807) is 0 Å². The number of carbonyl (C=O) groups is 3. The Morgan fingerprint density at radius 2 is 1.69 bits per heavy atom. The van der Waals surface area contributed by atoms with Gasteiger partial charge >= 0.3 is 0 Å². The van der Waals surface area contributed by atoms with Crippen LogP contribution in [0.15, 0.2) is 59.5 Å². The lowest BCUT2D eigenvalue weighted by Gasteiger charge is -2.38. The summed E-state index contributed by atoms with van der Waals surface area (Å²) in [4.78, 5) is 40.6. The number of anilines is 1. The molecule has 39 heavy (non-hydrogen) atoms. The maximum atomic E-state index is 15.1. The molecule has 0 aliphatic carbocycles. The van der Waals surface area contributed by atoms with Gasteiger partial charge in [-0.25, -0.2) is 17.6 Å². The van der Waals surface area contributed by atoms with Crippen LogP contribution in [0, 0.1) is 23.3 Å². The average Bonchev–Trinajstić information content (AvgIpc) is 3.00. The number of benzene rings is 3. The van der Waals surface area contributed by atoms with Crippen molar-refractivity contribution in [1.82, 2.24) is 4.90 Å². The van der Waals surface area contributed by atoms with Gasteiger partial charge in [0.05, 0.1) is 10.9 Å². The zero-order valence-electron chi connectivity index (χ0n) is 20.0. The molecule has 13 heteroatoms. The average molecular weight is 582 g/mol. The fraction of sp³-hybridized carbons (Fsp3) is 0.192. The highest BCUT2D eigenvalue weighted by Gasteiger charge is 2.46. The number of nitrogens with two attached hydrogens (primary N) is 1. The Morgan fingerprint density at radius 3 is 2.33 bits per heavy atom. The van der Waals surface area contributed by atoms with Crippen LogP contribution in [-0.4, -0.2) is 39.8 Å². The standard InChI is InChI=1S/C26H20ClF4N3O4S/c1-11(24(32)36)34(26(38)22(35)12-6-15(29)9-16(30)7-12)21-23(17-10-14(28)3-4-18(17)31)39-20-5-2-13(27)8-19(20)33-25(21)37/h2-11,21-23,35H,1H3,(H2,32,36)(H,33,37)/t11-,21-,22-,23+/m0/s1. The highest BCUT2D eigenvalue weighted by atomic mass is 35.5. The van der Waals surface area contributed by atoms with E-state index in [1.165, 1.54) is 18.2 Å². The number of amides is 3. The molecule has 0 fully saturated rings. The highest BCUT2D eigenvalue weighted by molar-refractivity contribution is 7.99. The molecule has 0 saturated heterocycles. The zero-order chi connectivity index (χ0) is 28.6. The number of halogens is 5.